The molecule has 0 unspecified atom stereocenters. The number of nitrogens with one attached hydrogen (secondary N) is 1. The molecule has 0 fully saturated rings. The van der Waals surface area contributed by atoms with Crippen LogP contribution >= 0.6 is 22.7 Å². The lowest BCUT2D eigenvalue weighted by Crippen LogP contribution is -2.23. The Bertz CT molecular complexity index is 975. The van der Waals surface area contributed by atoms with Gasteiger partial charge in [-0.25, -0.2) is 4.79 Å². The van der Waals surface area contributed by atoms with Crippen LogP contribution in [-0.4, -0.2) is 30.9 Å². The van der Waals surface area contributed by atoms with Crippen LogP contribution in [0.2, 0.25) is 0 Å². The molecule has 2 aromatic rings. The van der Waals surface area contributed by atoms with E-state index in [9.17, 15) is 14.4 Å². The molecule has 0 aliphatic carbocycles. The van der Waals surface area contributed by atoms with Crippen molar-refractivity contribution in [3.8, 4) is 0 Å². The average molecular weight is 435 g/mol. The van der Waals surface area contributed by atoms with Crippen molar-refractivity contribution in [1.29, 1.82) is 0 Å². The fourth-order valence-corrected chi connectivity index (χ4v) is 5.28. The molecule has 3 heterocycles. The van der Waals surface area contributed by atoms with Gasteiger partial charge in [0.1, 0.15) is 6.42 Å². The zero-order valence-corrected chi connectivity index (χ0v) is 18.0. The highest BCUT2D eigenvalue weighted by Crippen LogP contribution is 2.51. The van der Waals surface area contributed by atoms with Gasteiger partial charge in [0.05, 0.1) is 40.3 Å². The lowest BCUT2D eigenvalue weighted by atomic mass is 9.86. The number of Topliss-reactive ketones (excluding diaryl/α,β-unsaturated/α-hetero) is 1. The molecule has 0 spiro atoms. The van der Waals surface area contributed by atoms with Crippen molar-refractivity contribution in [1.82, 2.24) is 0 Å². The van der Waals surface area contributed by atoms with Crippen LogP contribution in [0.5, 0.6) is 0 Å². The molecule has 0 saturated heterocycles. The van der Waals surface area contributed by atoms with Crippen LogP contribution < -0.4 is 11.1 Å². The highest BCUT2D eigenvalue weighted by Gasteiger charge is 2.38. The predicted octanol–water partition coefficient (Wildman–Crippen LogP) is 3.92. The smallest absolute Gasteiger partial charge is 0.336 e. The number of thiophene rings is 2. The number of rotatable bonds is 7. The molecule has 0 amide bonds. The van der Waals surface area contributed by atoms with Crippen LogP contribution in [0, 0.1) is 0 Å². The van der Waals surface area contributed by atoms with Crippen LogP contribution in [0.4, 0.5) is 10.7 Å². The third kappa shape index (κ3) is 4.06. The minimum atomic E-state index is -0.590. The Morgan fingerprint density at radius 3 is 2.55 bits per heavy atom. The van der Waals surface area contributed by atoms with Gasteiger partial charge in [-0.2, -0.15) is 0 Å². The third-order valence-electron chi connectivity index (χ3n) is 4.45. The number of carbonyl (C=O) groups excluding carboxylic acids is 3. The Kier molecular flexibility index (Phi) is 6.39. The largest absolute Gasteiger partial charge is 0.466 e. The Morgan fingerprint density at radius 2 is 1.93 bits per heavy atom. The number of nitrogens with two attached hydrogens (primary N) is 1. The SMILES string of the molecule is CCOC(=O)CC(=O)c1sc2c(c1N)[C@@H](c1cccs1)C(C(=O)OCC)=C(C)N2. The van der Waals surface area contributed by atoms with Gasteiger partial charge in [0, 0.05) is 16.1 Å². The number of ketones is 1. The van der Waals surface area contributed by atoms with Crippen LogP contribution in [0.25, 0.3) is 0 Å². The maximum atomic E-state index is 12.7. The molecule has 9 heteroatoms. The molecule has 154 valence electrons. The second kappa shape index (κ2) is 8.79. The Labute approximate surface area is 176 Å². The van der Waals surface area contributed by atoms with Gasteiger partial charge >= 0.3 is 11.9 Å². The predicted molar refractivity (Wildman–Crippen MR) is 113 cm³/mol. The summed E-state index contributed by atoms with van der Waals surface area (Å²) in [6, 6.07) is 3.82. The summed E-state index contributed by atoms with van der Waals surface area (Å²) in [5, 5.41) is 5.80. The number of hydrogen-bond acceptors (Lipinski definition) is 9. The van der Waals surface area contributed by atoms with E-state index in [-0.39, 0.29) is 30.2 Å². The van der Waals surface area contributed by atoms with Gasteiger partial charge in [-0.05, 0) is 32.2 Å². The van der Waals surface area contributed by atoms with Gasteiger partial charge in [0.15, 0.2) is 5.78 Å². The summed E-state index contributed by atoms with van der Waals surface area (Å²) in [4.78, 5) is 38.3. The van der Waals surface area contributed by atoms with Crippen LogP contribution in [-0.2, 0) is 19.1 Å². The third-order valence-corrected chi connectivity index (χ3v) is 6.57. The Morgan fingerprint density at radius 1 is 1.21 bits per heavy atom. The molecule has 1 aliphatic rings. The maximum Gasteiger partial charge on any atom is 0.336 e. The zero-order chi connectivity index (χ0) is 21.1. The van der Waals surface area contributed by atoms with E-state index in [4.69, 9.17) is 15.2 Å². The minimum absolute atomic E-state index is 0.205. The van der Waals surface area contributed by atoms with Crippen molar-refractivity contribution < 1.29 is 23.9 Å². The summed E-state index contributed by atoms with van der Waals surface area (Å²) in [7, 11) is 0. The fourth-order valence-electron chi connectivity index (χ4n) is 3.28. The number of ether oxygens (including phenoxy) is 2. The number of anilines is 2. The van der Waals surface area contributed by atoms with E-state index in [1.54, 1.807) is 20.8 Å². The van der Waals surface area contributed by atoms with Crippen LogP contribution in [0.3, 0.4) is 0 Å². The molecule has 2 aromatic heterocycles. The highest BCUT2D eigenvalue weighted by atomic mass is 32.1. The maximum absolute atomic E-state index is 12.7. The number of hydrogen-bond donors (Lipinski definition) is 2. The summed E-state index contributed by atoms with van der Waals surface area (Å²) in [6.07, 6.45) is -0.377. The van der Waals surface area contributed by atoms with Gasteiger partial charge < -0.3 is 20.5 Å². The summed E-state index contributed by atoms with van der Waals surface area (Å²) in [5.41, 5.74) is 8.44. The molecule has 0 saturated carbocycles. The molecule has 0 radical (unpaired) electrons. The number of nitrogen functional groups attached to an aromatic ring is 1. The fraction of sp³-hybridized carbons (Fsp3) is 0.350. The number of carbonyl (C=O) groups is 3. The van der Waals surface area contributed by atoms with Gasteiger partial charge in [-0.1, -0.05) is 6.07 Å². The topological polar surface area (TPSA) is 108 Å². The summed E-state index contributed by atoms with van der Waals surface area (Å²) in [5.74, 6) is -1.85. The first-order valence-electron chi connectivity index (χ1n) is 9.18. The quantitative estimate of drug-likeness (QED) is 0.386. The molecule has 3 N–H and O–H groups in total. The first-order chi connectivity index (χ1) is 13.9. The standard InChI is InChI=1S/C20H22N2O5S2/c1-4-26-13(24)9-11(23)18-17(21)16-15(12-7-6-8-28-12)14(20(25)27-5-2)10(3)22-19(16)29-18/h6-8,15,22H,4-5,9,21H2,1-3H3/t15-/m0/s1. The lowest BCUT2D eigenvalue weighted by molar-refractivity contribution is -0.142. The van der Waals surface area contributed by atoms with Crippen molar-refractivity contribution in [2.24, 2.45) is 0 Å². The van der Waals surface area contributed by atoms with E-state index in [1.807, 2.05) is 17.5 Å². The normalized spacial score (nSPS) is 15.5. The summed E-state index contributed by atoms with van der Waals surface area (Å²) >= 11 is 2.69. The highest BCUT2D eigenvalue weighted by molar-refractivity contribution is 7.19. The first kappa shape index (κ1) is 21.1. The molecule has 1 atom stereocenters. The van der Waals surface area contributed by atoms with Crippen molar-refractivity contribution in [3.05, 3.63) is 44.1 Å². The van der Waals surface area contributed by atoms with E-state index in [0.29, 0.717) is 21.8 Å². The molecular formula is C20H22N2O5S2. The molecule has 1 aliphatic heterocycles. The Hall–Kier alpha value is -2.65. The van der Waals surface area contributed by atoms with Crippen molar-refractivity contribution >= 4 is 51.1 Å². The Balaban J connectivity index is 2.07. The molecule has 29 heavy (non-hydrogen) atoms. The second-order valence-corrected chi connectivity index (χ2v) is 8.33. The van der Waals surface area contributed by atoms with Crippen molar-refractivity contribution in [2.75, 3.05) is 24.3 Å². The summed E-state index contributed by atoms with van der Waals surface area (Å²) in [6.45, 7) is 5.69. The molecule has 0 bridgehead atoms. The van der Waals surface area contributed by atoms with E-state index < -0.39 is 23.6 Å². The second-order valence-electron chi connectivity index (χ2n) is 6.33. The number of fused-ring (bicyclic) bond motifs is 1. The molecule has 3 rings (SSSR count). The van der Waals surface area contributed by atoms with Crippen molar-refractivity contribution in [2.45, 2.75) is 33.1 Å². The monoisotopic (exact) mass is 434 g/mol. The number of allylic oxidation sites excluding steroid dienone is 1. The first-order valence-corrected chi connectivity index (χ1v) is 10.9. The van der Waals surface area contributed by atoms with Crippen LogP contribution in [0.15, 0.2) is 28.8 Å². The molecule has 0 aromatic carbocycles. The average Bonchev–Trinajstić information content (AvgIpc) is 3.29. The minimum Gasteiger partial charge on any atom is -0.466 e. The van der Waals surface area contributed by atoms with E-state index in [1.165, 1.54) is 22.7 Å². The zero-order valence-electron chi connectivity index (χ0n) is 16.4. The van der Waals surface area contributed by atoms with Crippen molar-refractivity contribution in [3.63, 3.8) is 0 Å². The molecule has 7 nitrogen and oxygen atoms in total. The van der Waals surface area contributed by atoms with E-state index in [2.05, 4.69) is 5.32 Å². The van der Waals surface area contributed by atoms with Gasteiger partial charge in [0.25, 0.3) is 0 Å². The number of esters is 2. The van der Waals surface area contributed by atoms with Gasteiger partial charge in [-0.3, -0.25) is 9.59 Å². The van der Waals surface area contributed by atoms with Gasteiger partial charge in [0.2, 0.25) is 0 Å². The summed E-state index contributed by atoms with van der Waals surface area (Å²) < 4.78 is 10.1. The molecular weight excluding hydrogens is 412 g/mol. The lowest BCUT2D eigenvalue weighted by Gasteiger charge is -2.27. The van der Waals surface area contributed by atoms with E-state index in [0.717, 1.165) is 4.88 Å². The van der Waals surface area contributed by atoms with Gasteiger partial charge in [-0.15, -0.1) is 22.7 Å². The van der Waals surface area contributed by atoms with E-state index >= 15 is 0 Å². The van der Waals surface area contributed by atoms with Crippen LogP contribution in [0.1, 0.15) is 53.2 Å².